The van der Waals surface area contributed by atoms with Crippen LogP contribution < -0.4 is 10.1 Å². The Kier molecular flexibility index (Phi) is 8.77. The first-order chi connectivity index (χ1) is 17.4. The fraction of sp³-hybridized carbons (Fsp3) is 0.462. The first kappa shape index (κ1) is 27.9. The molecule has 1 spiro atoms. The smallest absolute Gasteiger partial charge is 0.487 e. The molecule has 0 bridgehead atoms. The molecule has 2 aliphatic rings. The highest BCUT2D eigenvalue weighted by Crippen LogP contribution is 2.46. The largest absolute Gasteiger partial charge is 0.490 e. The number of carboxylic acid groups (broad SMARTS) is 1. The number of amides is 2. The van der Waals surface area contributed by atoms with E-state index >= 15 is 0 Å². The van der Waals surface area contributed by atoms with Gasteiger partial charge >= 0.3 is 12.1 Å². The number of carbonyl (C=O) groups excluding carboxylic acids is 2. The molecule has 37 heavy (non-hydrogen) atoms. The number of benzene rings is 1. The molecule has 3 heterocycles. The lowest BCUT2D eigenvalue weighted by Crippen LogP contribution is -2.52. The van der Waals surface area contributed by atoms with Crippen LogP contribution in [-0.2, 0) is 9.59 Å². The topological polar surface area (TPSA) is 109 Å². The lowest BCUT2D eigenvalue weighted by molar-refractivity contribution is -0.192. The van der Waals surface area contributed by atoms with Crippen LogP contribution in [0.2, 0.25) is 0 Å². The number of ether oxygens (including phenoxy) is 1. The van der Waals surface area contributed by atoms with Crippen molar-refractivity contribution in [2.24, 2.45) is 0 Å². The zero-order chi connectivity index (χ0) is 27.2. The van der Waals surface area contributed by atoms with Crippen molar-refractivity contribution in [3.05, 3.63) is 59.9 Å². The Balaban J connectivity index is 0.000000479. The van der Waals surface area contributed by atoms with Crippen molar-refractivity contribution in [2.45, 2.75) is 63.3 Å². The van der Waals surface area contributed by atoms with Gasteiger partial charge in [-0.1, -0.05) is 24.3 Å². The Labute approximate surface area is 212 Å². The maximum Gasteiger partial charge on any atom is 0.490 e. The first-order valence-electron chi connectivity index (χ1n) is 12.0. The molecule has 8 nitrogen and oxygen atoms in total. The fourth-order valence-corrected chi connectivity index (χ4v) is 4.61. The van der Waals surface area contributed by atoms with Crippen molar-refractivity contribution in [3.63, 3.8) is 0 Å². The SMILES string of the molecule is CC(C)NC(=O)CC1CC2(CCN(C(=O)c3ccccn3)CC2)Oc2ccccc21.O=C(O)C(F)(F)F. The number of likely N-dealkylation sites (tertiary alicyclic amines) is 1. The predicted octanol–water partition coefficient (Wildman–Crippen LogP) is 4.17. The molecule has 2 aromatic rings. The Hall–Kier alpha value is -3.63. The van der Waals surface area contributed by atoms with Gasteiger partial charge in [0, 0.05) is 50.5 Å². The van der Waals surface area contributed by atoms with E-state index < -0.39 is 12.1 Å². The van der Waals surface area contributed by atoms with Gasteiger partial charge in [-0.2, -0.15) is 13.2 Å². The van der Waals surface area contributed by atoms with Gasteiger partial charge in [0.1, 0.15) is 17.0 Å². The number of aliphatic carboxylic acids is 1. The minimum absolute atomic E-state index is 0.0329. The summed E-state index contributed by atoms with van der Waals surface area (Å²) >= 11 is 0. The second kappa shape index (κ2) is 11.6. The number of fused-ring (bicyclic) bond motifs is 1. The number of carbonyl (C=O) groups is 3. The van der Waals surface area contributed by atoms with E-state index in [0.717, 1.165) is 30.6 Å². The lowest BCUT2D eigenvalue weighted by Gasteiger charge is -2.46. The molecule has 2 aliphatic heterocycles. The highest BCUT2D eigenvalue weighted by Gasteiger charge is 2.44. The number of carboxylic acids is 1. The fourth-order valence-electron chi connectivity index (χ4n) is 4.61. The number of halogens is 3. The number of para-hydroxylation sites is 1. The van der Waals surface area contributed by atoms with Crippen LogP contribution >= 0.6 is 0 Å². The summed E-state index contributed by atoms with van der Waals surface area (Å²) in [5.41, 5.74) is 1.25. The first-order valence-corrected chi connectivity index (χ1v) is 12.0. The van der Waals surface area contributed by atoms with Gasteiger partial charge in [0.05, 0.1) is 0 Å². The maximum atomic E-state index is 12.8. The molecule has 1 aromatic carbocycles. The summed E-state index contributed by atoms with van der Waals surface area (Å²) in [6.45, 7) is 5.21. The summed E-state index contributed by atoms with van der Waals surface area (Å²) in [6.07, 6.45) is -0.685. The summed E-state index contributed by atoms with van der Waals surface area (Å²) in [7, 11) is 0. The normalized spacial score (nSPS) is 18.2. The van der Waals surface area contributed by atoms with Gasteiger partial charge in [0.15, 0.2) is 0 Å². The van der Waals surface area contributed by atoms with Crippen molar-refractivity contribution in [1.82, 2.24) is 15.2 Å². The number of alkyl halides is 3. The van der Waals surface area contributed by atoms with Gasteiger partial charge in [-0.25, -0.2) is 4.79 Å². The average molecular weight is 522 g/mol. The van der Waals surface area contributed by atoms with Gasteiger partial charge < -0.3 is 20.1 Å². The minimum atomic E-state index is -5.08. The molecule has 0 aliphatic carbocycles. The zero-order valence-electron chi connectivity index (χ0n) is 20.6. The number of hydrogen-bond donors (Lipinski definition) is 2. The van der Waals surface area contributed by atoms with E-state index in [4.69, 9.17) is 14.6 Å². The van der Waals surface area contributed by atoms with E-state index in [9.17, 15) is 22.8 Å². The molecular weight excluding hydrogens is 491 g/mol. The van der Waals surface area contributed by atoms with Crippen molar-refractivity contribution in [2.75, 3.05) is 13.1 Å². The van der Waals surface area contributed by atoms with Crippen molar-refractivity contribution in [3.8, 4) is 5.75 Å². The van der Waals surface area contributed by atoms with E-state index in [1.165, 1.54) is 0 Å². The highest BCUT2D eigenvalue weighted by molar-refractivity contribution is 5.92. The number of nitrogens with one attached hydrogen (secondary N) is 1. The van der Waals surface area contributed by atoms with E-state index in [1.54, 1.807) is 12.3 Å². The van der Waals surface area contributed by atoms with Crippen LogP contribution in [0.5, 0.6) is 5.75 Å². The zero-order valence-corrected chi connectivity index (χ0v) is 20.6. The number of rotatable bonds is 4. The lowest BCUT2D eigenvalue weighted by atomic mass is 9.76. The number of pyridine rings is 1. The molecule has 1 saturated heterocycles. The molecule has 1 fully saturated rings. The van der Waals surface area contributed by atoms with Gasteiger partial charge in [-0.15, -0.1) is 0 Å². The molecule has 0 radical (unpaired) electrons. The highest BCUT2D eigenvalue weighted by atomic mass is 19.4. The van der Waals surface area contributed by atoms with E-state index in [2.05, 4.69) is 16.4 Å². The summed E-state index contributed by atoms with van der Waals surface area (Å²) in [5, 5.41) is 10.1. The van der Waals surface area contributed by atoms with Gasteiger partial charge in [0.25, 0.3) is 5.91 Å². The number of aromatic nitrogens is 1. The molecule has 4 rings (SSSR count). The molecule has 1 aromatic heterocycles. The van der Waals surface area contributed by atoms with Crippen LogP contribution in [0.4, 0.5) is 13.2 Å². The van der Waals surface area contributed by atoms with Crippen molar-refractivity contribution < 1.29 is 37.4 Å². The standard InChI is InChI=1S/C24H29N3O3.C2HF3O2/c1-17(2)26-22(28)15-18-16-24(30-21-9-4-3-7-19(18)21)10-13-27(14-11-24)23(29)20-8-5-6-12-25-20;3-2(4,5)1(6)7/h3-9,12,17-18H,10-11,13-16H2,1-2H3,(H,26,28);(H,6,7). The summed E-state index contributed by atoms with van der Waals surface area (Å²) < 4.78 is 38.2. The molecule has 1 unspecified atom stereocenters. The maximum absolute atomic E-state index is 12.8. The third-order valence-corrected chi connectivity index (χ3v) is 6.27. The Morgan fingerprint density at radius 1 is 1.14 bits per heavy atom. The van der Waals surface area contributed by atoms with Crippen LogP contribution in [0.3, 0.4) is 0 Å². The van der Waals surface area contributed by atoms with E-state index in [-0.39, 0.29) is 29.4 Å². The Bertz CT molecular complexity index is 1100. The van der Waals surface area contributed by atoms with Crippen LogP contribution in [0.15, 0.2) is 48.7 Å². The predicted molar refractivity (Wildman–Crippen MR) is 128 cm³/mol. The second-order valence-electron chi connectivity index (χ2n) is 9.46. The molecule has 2 N–H and O–H groups in total. The average Bonchev–Trinajstić information content (AvgIpc) is 2.84. The van der Waals surface area contributed by atoms with Crippen molar-refractivity contribution in [1.29, 1.82) is 0 Å². The molecule has 200 valence electrons. The van der Waals surface area contributed by atoms with Gasteiger partial charge in [0.2, 0.25) is 5.91 Å². The van der Waals surface area contributed by atoms with E-state index in [0.29, 0.717) is 25.2 Å². The molecule has 11 heteroatoms. The van der Waals surface area contributed by atoms with Gasteiger partial charge in [-0.3, -0.25) is 14.6 Å². The minimum Gasteiger partial charge on any atom is -0.487 e. The third-order valence-electron chi connectivity index (χ3n) is 6.27. The molecular formula is C26H30F3N3O5. The molecule has 0 saturated carbocycles. The monoisotopic (exact) mass is 521 g/mol. The van der Waals surface area contributed by atoms with E-state index in [1.807, 2.05) is 49.1 Å². The van der Waals surface area contributed by atoms with Crippen molar-refractivity contribution >= 4 is 17.8 Å². The van der Waals surface area contributed by atoms with Crippen LogP contribution in [0, 0.1) is 0 Å². The van der Waals surface area contributed by atoms with Crippen LogP contribution in [0.25, 0.3) is 0 Å². The van der Waals surface area contributed by atoms with Gasteiger partial charge in [-0.05, 0) is 44.0 Å². The number of nitrogens with zero attached hydrogens (tertiary/aromatic N) is 2. The van der Waals surface area contributed by atoms with Crippen LogP contribution in [0.1, 0.15) is 61.5 Å². The summed E-state index contributed by atoms with van der Waals surface area (Å²) in [6, 6.07) is 13.6. The number of hydrogen-bond acceptors (Lipinski definition) is 5. The van der Waals surface area contributed by atoms with Crippen LogP contribution in [-0.4, -0.2) is 63.7 Å². The summed E-state index contributed by atoms with van der Waals surface area (Å²) in [4.78, 5) is 40.2. The molecule has 2 amide bonds. The Morgan fingerprint density at radius 2 is 1.76 bits per heavy atom. The molecule has 1 atom stereocenters. The number of piperidine rings is 1. The second-order valence-corrected chi connectivity index (χ2v) is 9.46. The summed E-state index contributed by atoms with van der Waals surface area (Å²) in [5.74, 6) is -1.73. The third kappa shape index (κ3) is 7.43. The Morgan fingerprint density at radius 3 is 2.32 bits per heavy atom. The quantitative estimate of drug-likeness (QED) is 0.625.